The Hall–Kier alpha value is -5.28. The molecule has 3 nitrogen and oxygen atoms in total. The van der Waals surface area contributed by atoms with Gasteiger partial charge in [-0.05, 0) is 93.5 Å². The van der Waals surface area contributed by atoms with E-state index in [1.807, 2.05) is 0 Å². The summed E-state index contributed by atoms with van der Waals surface area (Å²) in [6, 6.07) is 44.8. The lowest BCUT2D eigenvalue weighted by atomic mass is 9.67. The van der Waals surface area contributed by atoms with Gasteiger partial charge >= 0.3 is 0 Å². The van der Waals surface area contributed by atoms with Gasteiger partial charge in [-0.15, -0.1) is 10.2 Å². The summed E-state index contributed by atoms with van der Waals surface area (Å²) in [4.78, 5) is 0. The Morgan fingerprint density at radius 1 is 0.630 bits per heavy atom. The lowest BCUT2D eigenvalue weighted by Crippen LogP contribution is -2.28. The molecule has 0 saturated carbocycles. The van der Waals surface area contributed by atoms with Crippen molar-refractivity contribution in [2.45, 2.75) is 38.5 Å². The molecule has 8 rings (SSSR count). The van der Waals surface area contributed by atoms with Crippen LogP contribution in [-0.4, -0.2) is 10.2 Å². The van der Waals surface area contributed by atoms with E-state index in [4.69, 9.17) is 4.42 Å². The quantitative estimate of drug-likeness (QED) is 0.184. The first-order valence-corrected chi connectivity index (χ1v) is 16.3. The van der Waals surface area contributed by atoms with Gasteiger partial charge in [-0.2, -0.15) is 0 Å². The fourth-order valence-corrected chi connectivity index (χ4v) is 7.35. The Bertz CT molecular complexity index is 2050. The minimum atomic E-state index is -0.429. The highest BCUT2D eigenvalue weighted by atomic mass is 16.4. The fourth-order valence-electron chi connectivity index (χ4n) is 7.35. The van der Waals surface area contributed by atoms with Crippen molar-refractivity contribution < 1.29 is 4.42 Å². The normalized spacial score (nSPS) is 14.6. The number of nitrogens with zero attached hydrogens (tertiary/aromatic N) is 2. The molecule has 6 aromatic rings. The van der Waals surface area contributed by atoms with Crippen molar-refractivity contribution in [2.24, 2.45) is 5.92 Å². The molecule has 0 radical (unpaired) electrons. The average Bonchev–Trinajstić information content (AvgIpc) is 3.72. The topological polar surface area (TPSA) is 38.9 Å². The summed E-state index contributed by atoms with van der Waals surface area (Å²) in [5.74, 6) is 1.72. The summed E-state index contributed by atoms with van der Waals surface area (Å²) >= 11 is 0. The molecule has 0 atom stereocenters. The Morgan fingerprint density at radius 2 is 1.30 bits per heavy atom. The van der Waals surface area contributed by atoms with Crippen LogP contribution in [0.2, 0.25) is 0 Å². The highest BCUT2D eigenvalue weighted by Crippen LogP contribution is 2.56. The first-order valence-electron chi connectivity index (χ1n) is 16.3. The Morgan fingerprint density at radius 3 is 1.98 bits per heavy atom. The van der Waals surface area contributed by atoms with Gasteiger partial charge in [0.1, 0.15) is 0 Å². The van der Waals surface area contributed by atoms with Crippen molar-refractivity contribution in [3.8, 4) is 33.7 Å². The molecule has 0 N–H and O–H groups in total. The van der Waals surface area contributed by atoms with E-state index in [0.717, 1.165) is 36.0 Å². The number of aromatic nitrogens is 2. The molecule has 46 heavy (non-hydrogen) atoms. The Labute approximate surface area is 271 Å². The molecule has 1 heterocycles. The van der Waals surface area contributed by atoms with Gasteiger partial charge in [0.15, 0.2) is 0 Å². The molecule has 3 heteroatoms. The average molecular weight is 597 g/mol. The van der Waals surface area contributed by atoms with E-state index in [1.54, 1.807) is 0 Å². The third-order valence-corrected chi connectivity index (χ3v) is 9.41. The first-order chi connectivity index (χ1) is 22.6. The van der Waals surface area contributed by atoms with Crippen LogP contribution in [-0.2, 0) is 11.8 Å². The number of benzene rings is 5. The highest BCUT2D eigenvalue weighted by molar-refractivity contribution is 5.86. The Balaban J connectivity index is 1.22. The van der Waals surface area contributed by atoms with Crippen LogP contribution in [0.4, 0.5) is 0 Å². The number of hydrogen-bond donors (Lipinski definition) is 0. The third kappa shape index (κ3) is 4.75. The molecular weight excluding hydrogens is 560 g/mol. The van der Waals surface area contributed by atoms with Gasteiger partial charge in [-0.1, -0.05) is 135 Å². The van der Waals surface area contributed by atoms with Crippen LogP contribution in [0.5, 0.6) is 0 Å². The summed E-state index contributed by atoms with van der Waals surface area (Å²) in [6.07, 6.45) is 9.49. The second-order valence-corrected chi connectivity index (χ2v) is 12.8. The van der Waals surface area contributed by atoms with E-state index in [1.165, 1.54) is 44.5 Å². The van der Waals surface area contributed by atoms with Crippen molar-refractivity contribution in [1.29, 1.82) is 0 Å². The molecule has 224 valence electrons. The van der Waals surface area contributed by atoms with E-state index in [2.05, 4.69) is 164 Å². The second kappa shape index (κ2) is 11.6. The van der Waals surface area contributed by atoms with Crippen LogP contribution in [0.1, 0.15) is 60.4 Å². The monoisotopic (exact) mass is 596 g/mol. The minimum absolute atomic E-state index is 0.429. The van der Waals surface area contributed by atoms with Crippen molar-refractivity contribution in [3.63, 3.8) is 0 Å². The summed E-state index contributed by atoms with van der Waals surface area (Å²) in [5, 5.41) is 8.66. The largest absolute Gasteiger partial charge is 0.416 e. The zero-order chi connectivity index (χ0) is 31.1. The predicted molar refractivity (Wildman–Crippen MR) is 187 cm³/mol. The third-order valence-electron chi connectivity index (χ3n) is 9.41. The minimum Gasteiger partial charge on any atom is -0.416 e. The number of fused-ring (bicyclic) bond motifs is 3. The maximum Gasteiger partial charge on any atom is 0.248 e. The van der Waals surface area contributed by atoms with Crippen LogP contribution in [0.25, 0.3) is 39.3 Å². The van der Waals surface area contributed by atoms with Crippen LogP contribution in [0.15, 0.2) is 144 Å². The lowest BCUT2D eigenvalue weighted by molar-refractivity contribution is 0.554. The summed E-state index contributed by atoms with van der Waals surface area (Å²) in [5.41, 5.74) is 13.0. The van der Waals surface area contributed by atoms with Crippen molar-refractivity contribution >= 4 is 5.57 Å². The van der Waals surface area contributed by atoms with E-state index in [-0.39, 0.29) is 0 Å². The maximum atomic E-state index is 6.06. The van der Waals surface area contributed by atoms with Crippen molar-refractivity contribution in [1.82, 2.24) is 10.2 Å². The number of hydrogen-bond acceptors (Lipinski definition) is 3. The van der Waals surface area contributed by atoms with Gasteiger partial charge in [-0.25, -0.2) is 0 Å². The second-order valence-electron chi connectivity index (χ2n) is 12.8. The van der Waals surface area contributed by atoms with Gasteiger partial charge < -0.3 is 4.42 Å². The molecule has 2 aliphatic carbocycles. The molecule has 0 spiro atoms. The van der Waals surface area contributed by atoms with Crippen molar-refractivity contribution in [2.75, 3.05) is 0 Å². The van der Waals surface area contributed by atoms with Gasteiger partial charge in [0, 0.05) is 11.1 Å². The molecule has 0 fully saturated rings. The van der Waals surface area contributed by atoms with E-state index in [9.17, 15) is 0 Å². The summed E-state index contributed by atoms with van der Waals surface area (Å²) in [6.45, 7) is 4.56. The van der Waals surface area contributed by atoms with Crippen LogP contribution < -0.4 is 0 Å². The van der Waals surface area contributed by atoms with Crippen LogP contribution in [0, 0.1) is 5.92 Å². The standard InChI is InChI=1S/C43H36N2O/c1-29(2)27-30-19-25-35(26-20-30)43(39-17-8-6-15-37(39)38-16-7-9-18-40(38)43)36-14-10-13-34(28-36)31-21-23-33(24-22-31)42-45-44-41(46-42)32-11-4-3-5-12-32/h4,6-26,28-29H,3,5,27H2,1-2H3. The summed E-state index contributed by atoms with van der Waals surface area (Å²) < 4.78 is 6.06. The number of allylic oxidation sites excluding steroid dienone is 4. The number of rotatable bonds is 7. The SMILES string of the molecule is CC(C)Cc1ccc(C2(c3cccc(-c4ccc(-c5nnc(C6=CCCC=C6)o5)cc4)c3)c3ccccc3-c3ccccc32)cc1. The molecule has 0 bridgehead atoms. The molecule has 0 saturated heterocycles. The lowest BCUT2D eigenvalue weighted by Gasteiger charge is -2.34. The first kappa shape index (κ1) is 28.2. The van der Waals surface area contributed by atoms with Gasteiger partial charge in [0.05, 0.1) is 5.41 Å². The fraction of sp³-hybridized carbons (Fsp3) is 0.163. The zero-order valence-electron chi connectivity index (χ0n) is 26.3. The van der Waals surface area contributed by atoms with Gasteiger partial charge in [0.25, 0.3) is 0 Å². The maximum absolute atomic E-state index is 6.06. The van der Waals surface area contributed by atoms with Gasteiger partial charge in [-0.3, -0.25) is 0 Å². The summed E-state index contributed by atoms with van der Waals surface area (Å²) in [7, 11) is 0. The molecule has 2 aliphatic rings. The zero-order valence-corrected chi connectivity index (χ0v) is 26.3. The molecular formula is C43H36N2O. The van der Waals surface area contributed by atoms with Crippen molar-refractivity contribution in [3.05, 3.63) is 173 Å². The van der Waals surface area contributed by atoms with Gasteiger partial charge in [0.2, 0.25) is 11.8 Å². The molecule has 1 aromatic heterocycles. The molecule has 5 aromatic carbocycles. The van der Waals surface area contributed by atoms with E-state index < -0.39 is 5.41 Å². The van der Waals surface area contributed by atoms with E-state index in [0.29, 0.717) is 17.7 Å². The molecule has 0 unspecified atom stereocenters. The smallest absolute Gasteiger partial charge is 0.248 e. The van der Waals surface area contributed by atoms with E-state index >= 15 is 0 Å². The molecule has 0 aliphatic heterocycles. The Kier molecular flexibility index (Phi) is 7.10. The molecule has 0 amide bonds. The highest BCUT2D eigenvalue weighted by Gasteiger charge is 2.45. The van der Waals surface area contributed by atoms with Crippen LogP contribution in [0.3, 0.4) is 0 Å². The predicted octanol–water partition coefficient (Wildman–Crippen LogP) is 10.7. The van der Waals surface area contributed by atoms with Crippen LogP contribution >= 0.6 is 0 Å².